The van der Waals surface area contributed by atoms with Gasteiger partial charge in [-0.15, -0.1) is 24.0 Å². The fraction of sp³-hybridized carbons (Fsp3) is 0.750. The SMILES string of the molecule is CCC(CC)c1cc(CNC(=NC)NCCCC(=O)OC2CCCC2)on1.I. The smallest absolute Gasteiger partial charge is 0.306 e. The molecule has 8 heteroatoms. The van der Waals surface area contributed by atoms with Gasteiger partial charge in [0.1, 0.15) is 6.10 Å². The Bertz CT molecular complexity index is 596. The zero-order valence-corrected chi connectivity index (χ0v) is 19.7. The minimum absolute atomic E-state index is 0. The van der Waals surface area contributed by atoms with Gasteiger partial charge in [0.15, 0.2) is 11.7 Å². The lowest BCUT2D eigenvalue weighted by Crippen LogP contribution is -2.37. The molecular weight excluding hydrogens is 471 g/mol. The van der Waals surface area contributed by atoms with Crippen molar-refractivity contribution in [1.82, 2.24) is 15.8 Å². The predicted molar refractivity (Wildman–Crippen MR) is 121 cm³/mol. The van der Waals surface area contributed by atoms with E-state index in [0.717, 1.165) is 37.1 Å². The maximum Gasteiger partial charge on any atom is 0.306 e. The normalized spacial score (nSPS) is 14.8. The Morgan fingerprint density at radius 1 is 1.32 bits per heavy atom. The van der Waals surface area contributed by atoms with Gasteiger partial charge in [-0.3, -0.25) is 9.79 Å². The van der Waals surface area contributed by atoms with Crippen LogP contribution in [0.2, 0.25) is 0 Å². The molecule has 1 fully saturated rings. The first-order chi connectivity index (χ1) is 13.2. The van der Waals surface area contributed by atoms with E-state index in [0.29, 0.717) is 37.8 Å². The Morgan fingerprint density at radius 3 is 2.68 bits per heavy atom. The Hall–Kier alpha value is -1.32. The molecule has 2 N–H and O–H groups in total. The number of hydrogen-bond donors (Lipinski definition) is 2. The molecule has 1 aliphatic rings. The molecule has 7 nitrogen and oxygen atoms in total. The van der Waals surface area contributed by atoms with Gasteiger partial charge in [0.05, 0.1) is 12.2 Å². The van der Waals surface area contributed by atoms with Gasteiger partial charge in [-0.05, 0) is 44.9 Å². The number of carbonyl (C=O) groups is 1. The lowest BCUT2D eigenvalue weighted by molar-refractivity contribution is -0.148. The minimum Gasteiger partial charge on any atom is -0.462 e. The zero-order valence-electron chi connectivity index (χ0n) is 17.3. The summed E-state index contributed by atoms with van der Waals surface area (Å²) in [6.07, 6.45) is 7.78. The van der Waals surface area contributed by atoms with Crippen LogP contribution in [0.3, 0.4) is 0 Å². The third-order valence-corrected chi connectivity index (χ3v) is 5.09. The van der Waals surface area contributed by atoms with Crippen molar-refractivity contribution in [3.05, 3.63) is 17.5 Å². The van der Waals surface area contributed by atoms with E-state index < -0.39 is 0 Å². The Kier molecular flexibility index (Phi) is 12.2. The molecule has 1 aliphatic carbocycles. The van der Waals surface area contributed by atoms with E-state index in [1.54, 1.807) is 7.05 Å². The van der Waals surface area contributed by atoms with E-state index in [9.17, 15) is 4.79 Å². The number of carbonyl (C=O) groups excluding carboxylic acids is 1. The van der Waals surface area contributed by atoms with E-state index in [4.69, 9.17) is 9.26 Å². The number of nitrogens with zero attached hydrogens (tertiary/aromatic N) is 2. The van der Waals surface area contributed by atoms with Crippen LogP contribution in [0.5, 0.6) is 0 Å². The van der Waals surface area contributed by atoms with Gasteiger partial charge in [0.2, 0.25) is 0 Å². The highest BCUT2D eigenvalue weighted by atomic mass is 127. The number of ether oxygens (including phenoxy) is 1. The maximum absolute atomic E-state index is 11.8. The molecule has 1 aromatic rings. The summed E-state index contributed by atoms with van der Waals surface area (Å²) < 4.78 is 10.9. The summed E-state index contributed by atoms with van der Waals surface area (Å²) in [5.74, 6) is 1.82. The highest BCUT2D eigenvalue weighted by Crippen LogP contribution is 2.22. The van der Waals surface area contributed by atoms with Crippen LogP contribution in [-0.4, -0.2) is 36.8 Å². The number of aliphatic imine (C=N–C) groups is 1. The molecule has 0 spiro atoms. The van der Waals surface area contributed by atoms with Crippen LogP contribution in [0.1, 0.15) is 82.6 Å². The Labute approximate surface area is 185 Å². The standard InChI is InChI=1S/C20H34N4O3.HI/c1-4-15(5-2)18-13-17(27-24-18)14-23-20(21-3)22-12-8-11-19(25)26-16-9-6-7-10-16;/h13,15-16H,4-12,14H2,1-3H3,(H2,21,22,23);1H. The van der Waals surface area contributed by atoms with Crippen LogP contribution >= 0.6 is 24.0 Å². The number of halogens is 1. The summed E-state index contributed by atoms with van der Waals surface area (Å²) in [6.45, 7) is 5.51. The molecule has 0 aromatic carbocycles. The van der Waals surface area contributed by atoms with Crippen LogP contribution in [-0.2, 0) is 16.1 Å². The molecule has 0 unspecified atom stereocenters. The van der Waals surface area contributed by atoms with Crippen LogP contribution in [0.25, 0.3) is 0 Å². The highest BCUT2D eigenvalue weighted by molar-refractivity contribution is 14.0. The monoisotopic (exact) mass is 506 g/mol. The summed E-state index contributed by atoms with van der Waals surface area (Å²) in [4.78, 5) is 16.0. The average molecular weight is 506 g/mol. The average Bonchev–Trinajstić information content (AvgIpc) is 3.34. The number of rotatable bonds is 10. The van der Waals surface area contributed by atoms with Crippen molar-refractivity contribution in [3.8, 4) is 0 Å². The molecule has 0 saturated heterocycles. The lowest BCUT2D eigenvalue weighted by atomic mass is 9.99. The van der Waals surface area contributed by atoms with E-state index in [-0.39, 0.29) is 36.0 Å². The van der Waals surface area contributed by atoms with Crippen molar-refractivity contribution in [2.45, 2.75) is 83.8 Å². The molecule has 1 saturated carbocycles. The minimum atomic E-state index is -0.0951. The number of guanidine groups is 1. The van der Waals surface area contributed by atoms with Crippen molar-refractivity contribution in [2.24, 2.45) is 4.99 Å². The molecule has 160 valence electrons. The number of nitrogens with one attached hydrogen (secondary N) is 2. The first-order valence-electron chi connectivity index (χ1n) is 10.3. The number of hydrogen-bond acceptors (Lipinski definition) is 5. The molecule has 0 amide bonds. The Morgan fingerprint density at radius 2 is 2.04 bits per heavy atom. The summed E-state index contributed by atoms with van der Waals surface area (Å²) in [6, 6.07) is 2.01. The highest BCUT2D eigenvalue weighted by Gasteiger charge is 2.18. The molecule has 0 radical (unpaired) electrons. The lowest BCUT2D eigenvalue weighted by Gasteiger charge is -2.12. The second kappa shape index (κ2) is 13.8. The van der Waals surface area contributed by atoms with Gasteiger partial charge in [-0.2, -0.15) is 0 Å². The molecule has 1 heterocycles. The quantitative estimate of drug-likeness (QED) is 0.163. The largest absolute Gasteiger partial charge is 0.462 e. The van der Waals surface area contributed by atoms with Gasteiger partial charge >= 0.3 is 5.97 Å². The third-order valence-electron chi connectivity index (χ3n) is 5.09. The molecular formula is C20H35IN4O3. The molecule has 0 aliphatic heterocycles. The van der Waals surface area contributed by atoms with Crippen molar-refractivity contribution in [2.75, 3.05) is 13.6 Å². The molecule has 0 bridgehead atoms. The fourth-order valence-electron chi connectivity index (χ4n) is 3.39. The van der Waals surface area contributed by atoms with Crippen molar-refractivity contribution in [3.63, 3.8) is 0 Å². The van der Waals surface area contributed by atoms with E-state index in [1.807, 2.05) is 6.07 Å². The van der Waals surface area contributed by atoms with Crippen LogP contribution in [0.4, 0.5) is 0 Å². The summed E-state index contributed by atoms with van der Waals surface area (Å²) >= 11 is 0. The number of esters is 1. The van der Waals surface area contributed by atoms with Crippen LogP contribution in [0.15, 0.2) is 15.6 Å². The molecule has 28 heavy (non-hydrogen) atoms. The summed E-state index contributed by atoms with van der Waals surface area (Å²) in [5, 5.41) is 10.6. The van der Waals surface area contributed by atoms with Gasteiger partial charge < -0.3 is 19.9 Å². The summed E-state index contributed by atoms with van der Waals surface area (Å²) in [5.41, 5.74) is 1.01. The van der Waals surface area contributed by atoms with E-state index in [2.05, 4.69) is 34.6 Å². The predicted octanol–water partition coefficient (Wildman–Crippen LogP) is 4.13. The van der Waals surface area contributed by atoms with E-state index in [1.165, 1.54) is 12.8 Å². The number of aromatic nitrogens is 1. The molecule has 0 atom stereocenters. The van der Waals surface area contributed by atoms with Crippen LogP contribution in [0, 0.1) is 0 Å². The summed E-state index contributed by atoms with van der Waals surface area (Å²) in [7, 11) is 1.72. The second-order valence-electron chi connectivity index (χ2n) is 7.08. The van der Waals surface area contributed by atoms with Crippen LogP contribution < -0.4 is 10.6 Å². The van der Waals surface area contributed by atoms with Gasteiger partial charge in [0.25, 0.3) is 0 Å². The molecule has 1 aromatic heterocycles. The fourth-order valence-corrected chi connectivity index (χ4v) is 3.39. The zero-order chi connectivity index (χ0) is 19.5. The van der Waals surface area contributed by atoms with Crippen molar-refractivity contribution >= 4 is 35.9 Å². The third kappa shape index (κ3) is 8.36. The van der Waals surface area contributed by atoms with E-state index >= 15 is 0 Å². The first-order valence-corrected chi connectivity index (χ1v) is 10.3. The first kappa shape index (κ1) is 24.7. The van der Waals surface area contributed by atoms with Crippen molar-refractivity contribution < 1.29 is 14.1 Å². The Balaban J connectivity index is 0.00000392. The van der Waals surface area contributed by atoms with Gasteiger partial charge in [0, 0.05) is 32.0 Å². The second-order valence-corrected chi connectivity index (χ2v) is 7.08. The van der Waals surface area contributed by atoms with Gasteiger partial charge in [-0.1, -0.05) is 19.0 Å². The maximum atomic E-state index is 11.8. The van der Waals surface area contributed by atoms with Crippen molar-refractivity contribution in [1.29, 1.82) is 0 Å². The topological polar surface area (TPSA) is 88.8 Å². The molecule has 2 rings (SSSR count). The van der Waals surface area contributed by atoms with Gasteiger partial charge in [-0.25, -0.2) is 0 Å².